The molecule has 0 unspecified atom stereocenters. The smallest absolute Gasteiger partial charge is 0.233 e. The van der Waals surface area contributed by atoms with Gasteiger partial charge in [0.15, 0.2) is 0 Å². The second-order valence-electron chi connectivity index (χ2n) is 6.04. The van der Waals surface area contributed by atoms with Crippen LogP contribution in [0.1, 0.15) is 40.5 Å². The summed E-state index contributed by atoms with van der Waals surface area (Å²) in [6.45, 7) is 19.9. The molecule has 0 saturated heterocycles. The Bertz CT molecular complexity index is 335. The molecule has 3 nitrogen and oxygen atoms in total. The Hall–Kier alpha value is -0.630. The minimum atomic E-state index is -2.84. The van der Waals surface area contributed by atoms with Gasteiger partial charge in [-0.3, -0.25) is 4.57 Å². The molecule has 0 aliphatic carbocycles. The molecule has 0 spiro atoms. The fourth-order valence-corrected chi connectivity index (χ4v) is 3.75. The minimum Gasteiger partial charge on any atom is -0.285 e. The summed E-state index contributed by atoms with van der Waals surface area (Å²) in [7, 11) is -2.84. The predicted molar refractivity (Wildman–Crippen MR) is 91.0 cm³/mol. The molecule has 0 aromatic heterocycles. The van der Waals surface area contributed by atoms with Crippen molar-refractivity contribution in [2.24, 2.45) is 11.8 Å². The fourth-order valence-electron chi connectivity index (χ4n) is 2.05. The van der Waals surface area contributed by atoms with Crippen LogP contribution < -0.4 is 10.2 Å². The average molecular weight is 298 g/mol. The SMILES string of the molecule is C=C[C@H](CC(C)C)NP(=O)(C=C)N[C@H](C=C)CC(C)C. The van der Waals surface area contributed by atoms with Crippen molar-refractivity contribution in [2.45, 2.75) is 52.6 Å². The molecule has 0 aromatic rings. The lowest BCUT2D eigenvalue weighted by atomic mass is 10.1. The van der Waals surface area contributed by atoms with E-state index < -0.39 is 7.44 Å². The molecule has 2 atom stereocenters. The molecule has 116 valence electrons. The molecule has 0 amide bonds. The molecule has 0 radical (unpaired) electrons. The van der Waals surface area contributed by atoms with Crippen LogP contribution in [0, 0.1) is 11.8 Å². The summed E-state index contributed by atoms with van der Waals surface area (Å²) < 4.78 is 12.8. The van der Waals surface area contributed by atoms with E-state index in [1.807, 2.05) is 12.2 Å². The van der Waals surface area contributed by atoms with E-state index in [1.54, 1.807) is 0 Å². The Kier molecular flexibility index (Phi) is 9.04. The van der Waals surface area contributed by atoms with Gasteiger partial charge in [0.25, 0.3) is 0 Å². The average Bonchev–Trinajstić information content (AvgIpc) is 2.36. The van der Waals surface area contributed by atoms with Crippen LogP contribution in [0.15, 0.2) is 37.7 Å². The van der Waals surface area contributed by atoms with Crippen molar-refractivity contribution in [3.8, 4) is 0 Å². The summed E-state index contributed by atoms with van der Waals surface area (Å²) in [5.74, 6) is 2.50. The van der Waals surface area contributed by atoms with E-state index in [0.29, 0.717) is 11.8 Å². The molecular formula is C16H31N2OP. The Balaban J connectivity index is 4.81. The first-order chi connectivity index (χ1) is 9.26. The molecule has 0 fully saturated rings. The van der Waals surface area contributed by atoms with Gasteiger partial charge < -0.3 is 0 Å². The topological polar surface area (TPSA) is 41.1 Å². The molecule has 20 heavy (non-hydrogen) atoms. The summed E-state index contributed by atoms with van der Waals surface area (Å²) >= 11 is 0. The van der Waals surface area contributed by atoms with Crippen LogP contribution in [-0.4, -0.2) is 12.1 Å². The van der Waals surface area contributed by atoms with Crippen LogP contribution in [0.3, 0.4) is 0 Å². The molecule has 0 rings (SSSR count). The lowest BCUT2D eigenvalue weighted by Gasteiger charge is -2.27. The lowest BCUT2D eigenvalue weighted by molar-refractivity contribution is 0.485. The maximum atomic E-state index is 12.8. The van der Waals surface area contributed by atoms with E-state index >= 15 is 0 Å². The van der Waals surface area contributed by atoms with Crippen molar-refractivity contribution >= 4 is 7.44 Å². The standard InChI is InChI=1S/C16H31N2OP/c1-8-15(11-13(4)5)17-20(19,10-3)18-16(9-2)12-14(6)7/h8-10,13-16H,1-3,11-12H2,4-7H3,(H2,17,18,19)/t15-,16-/m1/s1. The van der Waals surface area contributed by atoms with Crippen LogP contribution in [0.25, 0.3) is 0 Å². The third-order valence-electron chi connectivity index (χ3n) is 2.99. The number of rotatable bonds is 11. The number of nitrogens with one attached hydrogen (secondary N) is 2. The number of hydrogen-bond donors (Lipinski definition) is 2. The van der Waals surface area contributed by atoms with E-state index in [-0.39, 0.29) is 12.1 Å². The zero-order valence-electron chi connectivity index (χ0n) is 13.4. The highest BCUT2D eigenvalue weighted by Gasteiger charge is 2.24. The molecule has 0 bridgehead atoms. The third-order valence-corrected chi connectivity index (χ3v) is 4.94. The highest BCUT2D eigenvalue weighted by molar-refractivity contribution is 7.63. The molecular weight excluding hydrogens is 267 g/mol. The first-order valence-corrected chi connectivity index (χ1v) is 9.08. The quantitative estimate of drug-likeness (QED) is 0.429. The molecule has 4 heteroatoms. The molecule has 0 aliphatic rings. The summed E-state index contributed by atoms with van der Waals surface area (Å²) in [4.78, 5) is 0. The first kappa shape index (κ1) is 19.4. The van der Waals surface area contributed by atoms with Gasteiger partial charge in [0.2, 0.25) is 7.44 Å². The second-order valence-corrected chi connectivity index (χ2v) is 8.24. The fraction of sp³-hybridized carbons (Fsp3) is 0.625. The molecule has 0 saturated carbocycles. The van der Waals surface area contributed by atoms with Gasteiger partial charge in [-0.2, -0.15) is 0 Å². The van der Waals surface area contributed by atoms with E-state index in [0.717, 1.165) is 12.8 Å². The van der Waals surface area contributed by atoms with E-state index in [2.05, 4.69) is 57.6 Å². The zero-order chi connectivity index (χ0) is 15.8. The Labute approximate surface area is 125 Å². The van der Waals surface area contributed by atoms with Gasteiger partial charge >= 0.3 is 0 Å². The van der Waals surface area contributed by atoms with Gasteiger partial charge in [-0.15, -0.1) is 13.2 Å². The van der Waals surface area contributed by atoms with Gasteiger partial charge in [-0.1, -0.05) is 46.4 Å². The van der Waals surface area contributed by atoms with Gasteiger partial charge in [-0.05, 0) is 30.5 Å². The second kappa shape index (κ2) is 9.33. The monoisotopic (exact) mass is 298 g/mol. The lowest BCUT2D eigenvalue weighted by Crippen LogP contribution is -2.35. The molecule has 0 aromatic carbocycles. The Morgan fingerprint density at radius 1 is 0.900 bits per heavy atom. The van der Waals surface area contributed by atoms with Gasteiger partial charge in [-0.25, -0.2) is 10.2 Å². The van der Waals surface area contributed by atoms with Crippen LogP contribution in [-0.2, 0) is 4.57 Å². The highest BCUT2D eigenvalue weighted by Crippen LogP contribution is 2.39. The Morgan fingerprint density at radius 2 is 1.25 bits per heavy atom. The Morgan fingerprint density at radius 3 is 1.45 bits per heavy atom. The van der Waals surface area contributed by atoms with Crippen molar-refractivity contribution in [1.29, 1.82) is 0 Å². The highest BCUT2D eigenvalue weighted by atomic mass is 31.2. The molecule has 0 aliphatic heterocycles. The summed E-state index contributed by atoms with van der Waals surface area (Å²) in [6, 6.07) is 0.0201. The van der Waals surface area contributed by atoms with Crippen LogP contribution in [0.2, 0.25) is 0 Å². The summed E-state index contributed by atoms with van der Waals surface area (Å²) in [6.07, 6.45) is 5.41. The number of hydrogen-bond acceptors (Lipinski definition) is 1. The van der Waals surface area contributed by atoms with Crippen molar-refractivity contribution in [2.75, 3.05) is 0 Å². The van der Waals surface area contributed by atoms with Crippen molar-refractivity contribution < 1.29 is 4.57 Å². The van der Waals surface area contributed by atoms with E-state index in [1.165, 1.54) is 5.82 Å². The van der Waals surface area contributed by atoms with Gasteiger partial charge in [0, 0.05) is 12.1 Å². The van der Waals surface area contributed by atoms with Gasteiger partial charge in [0.1, 0.15) is 0 Å². The maximum Gasteiger partial charge on any atom is 0.233 e. The van der Waals surface area contributed by atoms with Crippen molar-refractivity contribution in [3.63, 3.8) is 0 Å². The first-order valence-electron chi connectivity index (χ1n) is 7.30. The normalized spacial score (nSPS) is 15.1. The maximum absolute atomic E-state index is 12.8. The van der Waals surface area contributed by atoms with Crippen LogP contribution in [0.4, 0.5) is 0 Å². The minimum absolute atomic E-state index is 0.0100. The predicted octanol–water partition coefficient (Wildman–Crippen LogP) is 4.70. The zero-order valence-corrected chi connectivity index (χ0v) is 14.3. The molecule has 2 N–H and O–H groups in total. The van der Waals surface area contributed by atoms with Crippen molar-refractivity contribution in [3.05, 3.63) is 37.7 Å². The van der Waals surface area contributed by atoms with Crippen molar-refractivity contribution in [1.82, 2.24) is 10.2 Å². The summed E-state index contributed by atoms with van der Waals surface area (Å²) in [5, 5.41) is 6.32. The third kappa shape index (κ3) is 7.84. The van der Waals surface area contributed by atoms with Gasteiger partial charge in [0.05, 0.1) is 0 Å². The van der Waals surface area contributed by atoms with Crippen LogP contribution in [0.5, 0.6) is 0 Å². The van der Waals surface area contributed by atoms with E-state index in [9.17, 15) is 4.57 Å². The molecule has 0 heterocycles. The largest absolute Gasteiger partial charge is 0.285 e. The van der Waals surface area contributed by atoms with Crippen LogP contribution >= 0.6 is 7.44 Å². The van der Waals surface area contributed by atoms with E-state index in [4.69, 9.17) is 0 Å². The summed E-state index contributed by atoms with van der Waals surface area (Å²) in [5.41, 5.74) is 0.